The van der Waals surface area contributed by atoms with Crippen molar-refractivity contribution in [1.29, 1.82) is 0 Å². The zero-order chi connectivity index (χ0) is 11.3. The first-order valence-corrected chi connectivity index (χ1v) is 5.34. The summed E-state index contributed by atoms with van der Waals surface area (Å²) in [5.41, 5.74) is 0. The summed E-state index contributed by atoms with van der Waals surface area (Å²) in [6.07, 6.45) is 3.52. The summed E-state index contributed by atoms with van der Waals surface area (Å²) < 4.78 is 0. The van der Waals surface area contributed by atoms with Gasteiger partial charge in [-0.05, 0) is 19.3 Å². The molecule has 0 aromatic rings. The Morgan fingerprint density at radius 1 is 1.47 bits per heavy atom. The Balaban J connectivity index is 2.03. The molecule has 1 atom stereocenters. The third-order valence-corrected chi connectivity index (χ3v) is 2.39. The van der Waals surface area contributed by atoms with Crippen molar-refractivity contribution in [2.45, 2.75) is 38.6 Å². The summed E-state index contributed by atoms with van der Waals surface area (Å²) in [7, 11) is 0. The molecule has 0 radical (unpaired) electrons. The fourth-order valence-electron chi connectivity index (χ4n) is 1.47. The molecule has 1 rings (SSSR count). The standard InChI is InChI=1S/C10H18N2O3/c1-7(6-8-2-3-8)12-10(15)11-5-4-9(13)14/h7-8H,2-6H2,1H3,(H,13,14)(H2,11,12,15). The van der Waals surface area contributed by atoms with Gasteiger partial charge in [0.1, 0.15) is 0 Å². The maximum Gasteiger partial charge on any atom is 0.315 e. The zero-order valence-corrected chi connectivity index (χ0v) is 8.95. The lowest BCUT2D eigenvalue weighted by Crippen LogP contribution is -2.41. The van der Waals surface area contributed by atoms with Gasteiger partial charge in [-0.15, -0.1) is 0 Å². The van der Waals surface area contributed by atoms with Gasteiger partial charge >= 0.3 is 12.0 Å². The van der Waals surface area contributed by atoms with Gasteiger partial charge in [-0.2, -0.15) is 0 Å². The van der Waals surface area contributed by atoms with E-state index in [9.17, 15) is 9.59 Å². The average molecular weight is 214 g/mol. The average Bonchev–Trinajstić information content (AvgIpc) is 2.86. The Bertz CT molecular complexity index is 239. The van der Waals surface area contributed by atoms with Crippen LogP contribution < -0.4 is 10.6 Å². The highest BCUT2D eigenvalue weighted by Gasteiger charge is 2.24. The Hall–Kier alpha value is -1.26. The maximum atomic E-state index is 11.2. The normalized spacial score (nSPS) is 16.9. The molecule has 1 fully saturated rings. The van der Waals surface area contributed by atoms with Gasteiger partial charge in [-0.25, -0.2) is 4.79 Å². The van der Waals surface area contributed by atoms with Crippen LogP contribution in [0.25, 0.3) is 0 Å². The van der Waals surface area contributed by atoms with Crippen LogP contribution in [-0.4, -0.2) is 29.7 Å². The summed E-state index contributed by atoms with van der Waals surface area (Å²) in [4.78, 5) is 21.4. The van der Waals surface area contributed by atoms with Crippen molar-refractivity contribution in [2.75, 3.05) is 6.54 Å². The molecule has 0 spiro atoms. The first kappa shape index (κ1) is 11.8. The van der Waals surface area contributed by atoms with E-state index in [4.69, 9.17) is 5.11 Å². The molecule has 0 aromatic carbocycles. The molecule has 0 heterocycles. The Labute approximate surface area is 89.2 Å². The first-order valence-electron chi connectivity index (χ1n) is 5.34. The number of amides is 2. The van der Waals surface area contributed by atoms with E-state index in [-0.39, 0.29) is 25.0 Å². The Morgan fingerprint density at radius 3 is 2.67 bits per heavy atom. The van der Waals surface area contributed by atoms with Crippen LogP contribution in [0.2, 0.25) is 0 Å². The van der Waals surface area contributed by atoms with Gasteiger partial charge in [0.25, 0.3) is 0 Å². The highest BCUT2D eigenvalue weighted by Crippen LogP contribution is 2.33. The molecule has 1 aliphatic carbocycles. The molecule has 0 aliphatic heterocycles. The van der Waals surface area contributed by atoms with Gasteiger partial charge in [0, 0.05) is 12.6 Å². The molecule has 0 saturated heterocycles. The van der Waals surface area contributed by atoms with Crippen LogP contribution in [-0.2, 0) is 4.79 Å². The minimum absolute atomic E-state index is 0.0373. The lowest BCUT2D eigenvalue weighted by molar-refractivity contribution is -0.136. The molecule has 2 amide bonds. The van der Waals surface area contributed by atoms with E-state index in [1.54, 1.807) is 0 Å². The number of carbonyl (C=O) groups is 2. The summed E-state index contributed by atoms with van der Waals surface area (Å²) in [5.74, 6) is -0.124. The van der Waals surface area contributed by atoms with E-state index in [1.807, 2.05) is 6.92 Å². The summed E-state index contributed by atoms with van der Waals surface area (Å²) in [6.45, 7) is 2.15. The highest BCUT2D eigenvalue weighted by atomic mass is 16.4. The molecule has 5 heteroatoms. The van der Waals surface area contributed by atoms with Gasteiger partial charge in [0.05, 0.1) is 6.42 Å². The minimum Gasteiger partial charge on any atom is -0.481 e. The van der Waals surface area contributed by atoms with E-state index in [1.165, 1.54) is 12.8 Å². The van der Waals surface area contributed by atoms with Crippen LogP contribution in [0.5, 0.6) is 0 Å². The van der Waals surface area contributed by atoms with Crippen molar-refractivity contribution in [3.8, 4) is 0 Å². The largest absolute Gasteiger partial charge is 0.481 e. The fourth-order valence-corrected chi connectivity index (χ4v) is 1.47. The zero-order valence-electron chi connectivity index (χ0n) is 8.95. The Morgan fingerprint density at radius 2 is 2.13 bits per heavy atom. The predicted molar refractivity (Wildman–Crippen MR) is 55.6 cm³/mol. The lowest BCUT2D eigenvalue weighted by Gasteiger charge is -2.13. The van der Waals surface area contributed by atoms with Gasteiger partial charge in [-0.3, -0.25) is 4.79 Å². The molecular formula is C10H18N2O3. The fraction of sp³-hybridized carbons (Fsp3) is 0.800. The summed E-state index contributed by atoms with van der Waals surface area (Å²) in [6, 6.07) is -0.105. The molecule has 1 saturated carbocycles. The molecule has 5 nitrogen and oxygen atoms in total. The smallest absolute Gasteiger partial charge is 0.315 e. The van der Waals surface area contributed by atoms with E-state index >= 15 is 0 Å². The lowest BCUT2D eigenvalue weighted by atomic mass is 10.2. The van der Waals surface area contributed by atoms with Gasteiger partial charge in [0.15, 0.2) is 0 Å². The molecule has 0 bridgehead atoms. The second kappa shape index (κ2) is 5.58. The monoisotopic (exact) mass is 214 g/mol. The Kier molecular flexibility index (Phi) is 4.39. The number of rotatable bonds is 6. The number of urea groups is 1. The number of hydrogen-bond donors (Lipinski definition) is 3. The van der Waals surface area contributed by atoms with E-state index in [0.29, 0.717) is 0 Å². The van der Waals surface area contributed by atoms with E-state index in [0.717, 1.165) is 12.3 Å². The maximum absolute atomic E-state index is 11.2. The second-order valence-corrected chi connectivity index (χ2v) is 4.12. The van der Waals surface area contributed by atoms with Gasteiger partial charge in [-0.1, -0.05) is 12.8 Å². The highest BCUT2D eigenvalue weighted by molar-refractivity contribution is 5.75. The van der Waals surface area contributed by atoms with Crippen LogP contribution in [0.3, 0.4) is 0 Å². The molecule has 1 aliphatic rings. The number of hydrogen-bond acceptors (Lipinski definition) is 2. The van der Waals surface area contributed by atoms with Gasteiger partial charge < -0.3 is 15.7 Å². The van der Waals surface area contributed by atoms with Crippen molar-refractivity contribution in [1.82, 2.24) is 10.6 Å². The molecule has 0 aromatic heterocycles. The quantitative estimate of drug-likeness (QED) is 0.616. The third kappa shape index (κ3) is 5.93. The van der Waals surface area contributed by atoms with Crippen molar-refractivity contribution in [2.24, 2.45) is 5.92 Å². The van der Waals surface area contributed by atoms with Crippen LogP contribution >= 0.6 is 0 Å². The minimum atomic E-state index is -0.902. The topological polar surface area (TPSA) is 78.4 Å². The molecule has 15 heavy (non-hydrogen) atoms. The molecule has 1 unspecified atom stereocenters. The van der Waals surface area contributed by atoms with Crippen LogP contribution in [0, 0.1) is 5.92 Å². The van der Waals surface area contributed by atoms with E-state index < -0.39 is 5.97 Å². The van der Waals surface area contributed by atoms with Crippen LogP contribution in [0.4, 0.5) is 4.79 Å². The SMILES string of the molecule is CC(CC1CC1)NC(=O)NCCC(=O)O. The predicted octanol–water partition coefficient (Wildman–Crippen LogP) is 0.949. The van der Waals surface area contributed by atoms with Crippen molar-refractivity contribution >= 4 is 12.0 Å². The van der Waals surface area contributed by atoms with E-state index in [2.05, 4.69) is 10.6 Å². The third-order valence-electron chi connectivity index (χ3n) is 2.39. The molecule has 86 valence electrons. The van der Waals surface area contributed by atoms with Gasteiger partial charge in [0.2, 0.25) is 0 Å². The van der Waals surface area contributed by atoms with Crippen LogP contribution in [0.1, 0.15) is 32.6 Å². The van der Waals surface area contributed by atoms with Crippen molar-refractivity contribution in [3.63, 3.8) is 0 Å². The second-order valence-electron chi connectivity index (χ2n) is 4.12. The van der Waals surface area contributed by atoms with Crippen molar-refractivity contribution in [3.05, 3.63) is 0 Å². The number of nitrogens with one attached hydrogen (secondary N) is 2. The molecular weight excluding hydrogens is 196 g/mol. The number of aliphatic carboxylic acids is 1. The number of carbonyl (C=O) groups excluding carboxylic acids is 1. The van der Waals surface area contributed by atoms with Crippen molar-refractivity contribution < 1.29 is 14.7 Å². The summed E-state index contributed by atoms with van der Waals surface area (Å²) in [5, 5.41) is 13.7. The first-order chi connectivity index (χ1) is 7.08. The number of carboxylic acids is 1. The number of carboxylic acid groups (broad SMARTS) is 1. The van der Waals surface area contributed by atoms with Crippen LogP contribution in [0.15, 0.2) is 0 Å². The molecule has 3 N–H and O–H groups in total. The summed E-state index contributed by atoms with van der Waals surface area (Å²) >= 11 is 0.